The van der Waals surface area contributed by atoms with Crippen LogP contribution in [0.3, 0.4) is 0 Å². The first-order valence-corrected chi connectivity index (χ1v) is 13.4. The van der Waals surface area contributed by atoms with E-state index in [1.165, 1.54) is 44.8 Å². The minimum absolute atomic E-state index is 0. The smallest absolute Gasteiger partial charge is 0.0411 e. The zero-order chi connectivity index (χ0) is 25.6. The van der Waals surface area contributed by atoms with Crippen molar-refractivity contribution in [1.29, 1.82) is 0 Å². The number of aryl methyl sites for hydroxylation is 2. The summed E-state index contributed by atoms with van der Waals surface area (Å²) in [5.41, 5.74) is 11.2. The van der Waals surface area contributed by atoms with Crippen molar-refractivity contribution in [3.63, 3.8) is 0 Å². The number of anilines is 2. The minimum atomic E-state index is 0. The molecular weight excluding hydrogens is 469 g/mol. The Hall–Kier alpha value is -1.48. The Morgan fingerprint density at radius 1 is 0.571 bits per heavy atom. The molecule has 0 amide bonds. The van der Waals surface area contributed by atoms with E-state index in [1.807, 2.05) is 0 Å². The van der Waals surface area contributed by atoms with Gasteiger partial charge >= 0.3 is 0 Å². The van der Waals surface area contributed by atoms with Gasteiger partial charge in [0.15, 0.2) is 0 Å². The predicted molar refractivity (Wildman–Crippen MR) is 153 cm³/mol. The normalized spacial score (nSPS) is 11.7. The molecule has 0 unspecified atom stereocenters. The van der Waals surface area contributed by atoms with Gasteiger partial charge in [0, 0.05) is 54.6 Å². The molecule has 0 atom stereocenters. The molecular formula is C31H51MnN3. The summed E-state index contributed by atoms with van der Waals surface area (Å²) in [6.45, 7) is 26.7. The molecule has 197 valence electrons. The second kappa shape index (κ2) is 14.3. The molecule has 0 aliphatic rings. The van der Waals surface area contributed by atoms with Gasteiger partial charge in [0.1, 0.15) is 0 Å². The average molecular weight is 521 g/mol. The third-order valence-electron chi connectivity index (χ3n) is 6.77. The maximum Gasteiger partial charge on any atom is 0.0411 e. The fourth-order valence-electron chi connectivity index (χ4n) is 4.77. The van der Waals surface area contributed by atoms with E-state index >= 15 is 0 Å². The summed E-state index contributed by atoms with van der Waals surface area (Å²) in [6, 6.07) is 9.42. The maximum atomic E-state index is 3.80. The Kier molecular flexibility index (Phi) is 12.9. The summed E-state index contributed by atoms with van der Waals surface area (Å²) < 4.78 is 0. The number of nitrogens with zero attached hydrogens (tertiary/aromatic N) is 1. The molecule has 0 aromatic heterocycles. The van der Waals surface area contributed by atoms with Crippen LogP contribution in [0.4, 0.5) is 11.4 Å². The summed E-state index contributed by atoms with van der Waals surface area (Å²) in [5, 5.41) is 7.61. The van der Waals surface area contributed by atoms with Crippen LogP contribution < -0.4 is 10.6 Å². The molecule has 0 saturated carbocycles. The largest absolute Gasteiger partial charge is 0.383 e. The van der Waals surface area contributed by atoms with Crippen molar-refractivity contribution in [3.05, 3.63) is 57.6 Å². The van der Waals surface area contributed by atoms with E-state index in [4.69, 9.17) is 0 Å². The summed E-state index contributed by atoms with van der Waals surface area (Å²) in [7, 11) is 2.23. The second-order valence-corrected chi connectivity index (χ2v) is 11.4. The number of likely N-dealkylation sites (N-methyl/N-ethyl adjacent to an activating group) is 1. The van der Waals surface area contributed by atoms with Gasteiger partial charge < -0.3 is 15.5 Å². The van der Waals surface area contributed by atoms with E-state index in [9.17, 15) is 0 Å². The van der Waals surface area contributed by atoms with Gasteiger partial charge in [-0.15, -0.1) is 0 Å². The van der Waals surface area contributed by atoms with Gasteiger partial charge in [0.05, 0.1) is 0 Å². The van der Waals surface area contributed by atoms with Crippen LogP contribution in [-0.4, -0.2) is 38.1 Å². The Morgan fingerprint density at radius 3 is 1.06 bits per heavy atom. The standard InChI is InChI=1S/C31H51N3.Mn/c1-20(2)26-16-24(9)17-27(21(3)4)30(26)32-12-14-34(11)15-13-33-31-28(22(5)6)18-25(10)19-29(31)23(7)8;/h16-23,32-33H,12-15H2,1-11H3;. The Balaban J connectivity index is 0.00000612. The monoisotopic (exact) mass is 520 g/mol. The summed E-state index contributed by atoms with van der Waals surface area (Å²) >= 11 is 0. The number of rotatable bonds is 12. The Bertz CT molecular complexity index is 797. The van der Waals surface area contributed by atoms with Gasteiger partial charge in [0.25, 0.3) is 0 Å². The molecule has 1 radical (unpaired) electrons. The molecule has 3 nitrogen and oxygen atoms in total. The van der Waals surface area contributed by atoms with Crippen molar-refractivity contribution in [2.24, 2.45) is 0 Å². The molecule has 0 fully saturated rings. The van der Waals surface area contributed by atoms with Gasteiger partial charge in [0.2, 0.25) is 0 Å². The number of hydrogen-bond donors (Lipinski definition) is 2. The first kappa shape index (κ1) is 31.5. The number of hydrogen-bond acceptors (Lipinski definition) is 3. The van der Waals surface area contributed by atoms with Crippen LogP contribution in [0.2, 0.25) is 0 Å². The average Bonchev–Trinajstić information content (AvgIpc) is 2.74. The van der Waals surface area contributed by atoms with Crippen molar-refractivity contribution in [2.75, 3.05) is 43.9 Å². The molecule has 0 bridgehead atoms. The SMILES string of the molecule is Cc1cc(C(C)C)c(NCCN(C)CCNc2c(C(C)C)cc(C)cc2C(C)C)c(C(C)C)c1.[Mn]. The second-order valence-electron chi connectivity index (χ2n) is 11.4. The first-order chi connectivity index (χ1) is 15.9. The molecule has 4 heteroatoms. The van der Waals surface area contributed by atoms with E-state index in [2.05, 4.69) is 116 Å². The minimum Gasteiger partial charge on any atom is -0.383 e. The molecule has 2 N–H and O–H groups in total. The topological polar surface area (TPSA) is 27.3 Å². The third kappa shape index (κ3) is 8.84. The first-order valence-electron chi connectivity index (χ1n) is 13.4. The molecule has 0 aliphatic carbocycles. The van der Waals surface area contributed by atoms with Crippen molar-refractivity contribution >= 4 is 11.4 Å². The molecule has 0 saturated heterocycles. The van der Waals surface area contributed by atoms with Crippen molar-refractivity contribution < 1.29 is 17.1 Å². The van der Waals surface area contributed by atoms with E-state index in [-0.39, 0.29) is 17.1 Å². The van der Waals surface area contributed by atoms with Crippen LogP contribution >= 0.6 is 0 Å². The number of benzene rings is 2. The fraction of sp³-hybridized carbons (Fsp3) is 0.613. The molecule has 0 aliphatic heterocycles. The van der Waals surface area contributed by atoms with E-state index in [1.54, 1.807) is 0 Å². The Morgan fingerprint density at radius 2 is 0.829 bits per heavy atom. The van der Waals surface area contributed by atoms with Crippen LogP contribution in [0.25, 0.3) is 0 Å². The summed E-state index contributed by atoms with van der Waals surface area (Å²) in [6.07, 6.45) is 0. The van der Waals surface area contributed by atoms with Crippen molar-refractivity contribution in [1.82, 2.24) is 4.90 Å². The van der Waals surface area contributed by atoms with Gasteiger partial charge in [-0.3, -0.25) is 0 Å². The molecule has 0 heterocycles. The zero-order valence-electron chi connectivity index (χ0n) is 24.3. The maximum absolute atomic E-state index is 3.80. The predicted octanol–water partition coefficient (Wildman–Crippen LogP) is 8.25. The van der Waals surface area contributed by atoms with Crippen molar-refractivity contribution in [2.45, 2.75) is 92.9 Å². The molecule has 2 aromatic rings. The van der Waals surface area contributed by atoms with E-state index in [0.717, 1.165) is 26.2 Å². The third-order valence-corrected chi connectivity index (χ3v) is 6.77. The summed E-state index contributed by atoms with van der Waals surface area (Å²) in [4.78, 5) is 2.43. The zero-order valence-corrected chi connectivity index (χ0v) is 25.5. The molecule has 2 rings (SSSR count). The van der Waals surface area contributed by atoms with Crippen LogP contribution in [0.15, 0.2) is 24.3 Å². The Labute approximate surface area is 227 Å². The quantitative estimate of drug-likeness (QED) is 0.276. The molecule has 0 spiro atoms. The fourth-order valence-corrected chi connectivity index (χ4v) is 4.77. The van der Waals surface area contributed by atoms with Gasteiger partial charge in [-0.2, -0.15) is 0 Å². The van der Waals surface area contributed by atoms with Gasteiger partial charge in [-0.05, 0) is 66.8 Å². The molecule has 35 heavy (non-hydrogen) atoms. The van der Waals surface area contributed by atoms with Crippen molar-refractivity contribution in [3.8, 4) is 0 Å². The van der Waals surface area contributed by atoms with Gasteiger partial charge in [-0.25, -0.2) is 0 Å². The van der Waals surface area contributed by atoms with E-state index < -0.39 is 0 Å². The van der Waals surface area contributed by atoms with Crippen LogP contribution in [0, 0.1) is 13.8 Å². The van der Waals surface area contributed by atoms with Gasteiger partial charge in [-0.1, -0.05) is 90.8 Å². The van der Waals surface area contributed by atoms with E-state index in [0.29, 0.717) is 23.7 Å². The van der Waals surface area contributed by atoms with Crippen LogP contribution in [0.1, 0.15) is 112 Å². The van der Waals surface area contributed by atoms with Crippen LogP contribution in [0.5, 0.6) is 0 Å². The molecule has 2 aromatic carbocycles. The number of nitrogens with one attached hydrogen (secondary N) is 2. The van der Waals surface area contributed by atoms with Crippen LogP contribution in [-0.2, 0) is 17.1 Å². The summed E-state index contributed by atoms with van der Waals surface area (Å²) in [5.74, 6) is 2.06.